The molecule has 1 aliphatic rings. The van der Waals surface area contributed by atoms with Crippen LogP contribution < -0.4 is 0 Å². The number of Topliss-reactive ketones (excluding diaryl/α,β-unsaturated/α-hetero) is 1. The number of rotatable bonds is 2. The zero-order valence-corrected chi connectivity index (χ0v) is 10.3. The predicted octanol–water partition coefficient (Wildman–Crippen LogP) is 2.23. The summed E-state index contributed by atoms with van der Waals surface area (Å²) < 4.78 is 22.3. The molecule has 0 heterocycles. The largest absolute Gasteiger partial charge is 0.299 e. The van der Waals surface area contributed by atoms with Crippen LogP contribution in [-0.4, -0.2) is 14.2 Å². The van der Waals surface area contributed by atoms with E-state index in [1.54, 1.807) is 19.1 Å². The number of ketones is 1. The lowest BCUT2D eigenvalue weighted by atomic mass is 9.98. The lowest BCUT2D eigenvalue weighted by Crippen LogP contribution is -2.04. The molecular formula is C11H11ClO3S. The van der Waals surface area contributed by atoms with Gasteiger partial charge in [-0.05, 0) is 43.0 Å². The lowest BCUT2D eigenvalue weighted by Gasteiger charge is -2.07. The fourth-order valence-corrected chi connectivity index (χ4v) is 2.97. The molecule has 2 rings (SSSR count). The molecule has 3 nitrogen and oxygen atoms in total. The summed E-state index contributed by atoms with van der Waals surface area (Å²) in [5.74, 6) is 0.0438. The summed E-state index contributed by atoms with van der Waals surface area (Å²) in [6.45, 7) is 1.56. The molecule has 0 saturated carbocycles. The highest BCUT2D eigenvalue weighted by molar-refractivity contribution is 8.13. The Bertz CT molecular complexity index is 548. The number of halogens is 1. The molecule has 0 amide bonds. The molecule has 0 radical (unpaired) electrons. The Morgan fingerprint density at radius 2 is 2.12 bits per heavy atom. The summed E-state index contributed by atoms with van der Waals surface area (Å²) in [6, 6.07) is 4.73. The van der Waals surface area contributed by atoms with Crippen LogP contribution in [0.25, 0.3) is 0 Å². The summed E-state index contributed by atoms with van der Waals surface area (Å²) in [7, 11) is 1.59. The molecule has 86 valence electrons. The number of hydrogen-bond acceptors (Lipinski definition) is 3. The molecule has 16 heavy (non-hydrogen) atoms. The van der Waals surface area contributed by atoms with E-state index in [2.05, 4.69) is 0 Å². The van der Waals surface area contributed by atoms with Crippen molar-refractivity contribution in [3.05, 3.63) is 29.3 Å². The van der Waals surface area contributed by atoms with Crippen LogP contribution in [-0.2, 0) is 20.3 Å². The molecule has 0 aliphatic heterocycles. The molecule has 0 unspecified atom stereocenters. The zero-order chi connectivity index (χ0) is 11.9. The molecule has 1 atom stereocenters. The van der Waals surface area contributed by atoms with Crippen molar-refractivity contribution in [2.75, 3.05) is 0 Å². The molecule has 0 spiro atoms. The molecule has 0 bridgehead atoms. The summed E-state index contributed by atoms with van der Waals surface area (Å²) in [5.41, 5.74) is 1.86. The van der Waals surface area contributed by atoms with E-state index in [1.165, 1.54) is 6.07 Å². The minimum absolute atomic E-state index is 0.0814. The number of carbonyl (C=O) groups is 1. The van der Waals surface area contributed by atoms with E-state index in [0.29, 0.717) is 0 Å². The minimum Gasteiger partial charge on any atom is -0.299 e. The van der Waals surface area contributed by atoms with Crippen LogP contribution in [0.15, 0.2) is 23.1 Å². The SMILES string of the molecule is CC(=O)[C@H]1CCc2cc(S(=O)(=O)Cl)ccc21. The number of benzene rings is 1. The molecule has 1 aliphatic carbocycles. The Labute approximate surface area is 98.8 Å². The Kier molecular flexibility index (Phi) is 2.80. The Hall–Kier alpha value is -0.870. The van der Waals surface area contributed by atoms with Gasteiger partial charge in [-0.3, -0.25) is 4.79 Å². The van der Waals surface area contributed by atoms with Crippen molar-refractivity contribution in [2.24, 2.45) is 0 Å². The smallest absolute Gasteiger partial charge is 0.261 e. The summed E-state index contributed by atoms with van der Waals surface area (Å²) >= 11 is 0. The summed E-state index contributed by atoms with van der Waals surface area (Å²) in [5, 5.41) is 0. The van der Waals surface area contributed by atoms with Crippen LogP contribution in [0, 0.1) is 0 Å². The van der Waals surface area contributed by atoms with Crippen molar-refractivity contribution in [3.8, 4) is 0 Å². The maximum Gasteiger partial charge on any atom is 0.261 e. The Morgan fingerprint density at radius 3 is 2.69 bits per heavy atom. The van der Waals surface area contributed by atoms with E-state index in [0.717, 1.165) is 24.0 Å². The van der Waals surface area contributed by atoms with Gasteiger partial charge < -0.3 is 0 Å². The van der Waals surface area contributed by atoms with E-state index in [1.807, 2.05) is 0 Å². The van der Waals surface area contributed by atoms with Crippen molar-refractivity contribution in [3.63, 3.8) is 0 Å². The standard InChI is InChI=1S/C11H11ClO3S/c1-7(13)10-4-2-8-6-9(16(12,14)15)3-5-11(8)10/h3,5-6,10H,2,4H2,1H3/t10-/m1/s1. The number of aryl methyl sites for hydroxylation is 1. The van der Waals surface area contributed by atoms with Crippen molar-refractivity contribution < 1.29 is 13.2 Å². The van der Waals surface area contributed by atoms with Gasteiger partial charge in [0.15, 0.2) is 0 Å². The summed E-state index contributed by atoms with van der Waals surface area (Å²) in [6.07, 6.45) is 1.50. The minimum atomic E-state index is -3.67. The van der Waals surface area contributed by atoms with Gasteiger partial charge >= 0.3 is 0 Å². The molecular weight excluding hydrogens is 248 g/mol. The van der Waals surface area contributed by atoms with Crippen LogP contribution in [0.3, 0.4) is 0 Å². The molecule has 1 aromatic rings. The second-order valence-electron chi connectivity index (χ2n) is 4.00. The molecule has 0 N–H and O–H groups in total. The fraction of sp³-hybridized carbons (Fsp3) is 0.364. The quantitative estimate of drug-likeness (QED) is 0.765. The highest BCUT2D eigenvalue weighted by Crippen LogP contribution is 2.35. The first kappa shape index (κ1) is 11.6. The van der Waals surface area contributed by atoms with E-state index < -0.39 is 9.05 Å². The van der Waals surface area contributed by atoms with Gasteiger partial charge in [-0.25, -0.2) is 8.42 Å². The third kappa shape index (κ3) is 1.99. The van der Waals surface area contributed by atoms with E-state index >= 15 is 0 Å². The number of fused-ring (bicyclic) bond motifs is 1. The van der Waals surface area contributed by atoms with Gasteiger partial charge in [0.05, 0.1) is 4.90 Å². The molecule has 0 saturated heterocycles. The van der Waals surface area contributed by atoms with Crippen LogP contribution in [0.5, 0.6) is 0 Å². The maximum absolute atomic E-state index is 11.3. The van der Waals surface area contributed by atoms with Gasteiger partial charge in [0.2, 0.25) is 0 Å². The third-order valence-corrected chi connectivity index (χ3v) is 4.32. The Morgan fingerprint density at radius 1 is 1.44 bits per heavy atom. The highest BCUT2D eigenvalue weighted by atomic mass is 35.7. The van der Waals surface area contributed by atoms with Crippen molar-refractivity contribution >= 4 is 25.5 Å². The van der Waals surface area contributed by atoms with Gasteiger partial charge in [-0.15, -0.1) is 0 Å². The van der Waals surface area contributed by atoms with E-state index in [-0.39, 0.29) is 16.6 Å². The van der Waals surface area contributed by atoms with Crippen LogP contribution in [0.2, 0.25) is 0 Å². The van der Waals surface area contributed by atoms with E-state index in [9.17, 15) is 13.2 Å². The first-order valence-corrected chi connectivity index (χ1v) is 7.28. The molecule has 0 fully saturated rings. The first-order valence-electron chi connectivity index (χ1n) is 4.97. The topological polar surface area (TPSA) is 51.2 Å². The molecule has 5 heteroatoms. The predicted molar refractivity (Wildman–Crippen MR) is 61.2 cm³/mol. The number of hydrogen-bond donors (Lipinski definition) is 0. The van der Waals surface area contributed by atoms with Crippen molar-refractivity contribution in [2.45, 2.75) is 30.6 Å². The monoisotopic (exact) mass is 258 g/mol. The second kappa shape index (κ2) is 3.86. The van der Waals surface area contributed by atoms with Gasteiger partial charge in [0, 0.05) is 16.6 Å². The molecule has 0 aromatic heterocycles. The van der Waals surface area contributed by atoms with Crippen LogP contribution >= 0.6 is 10.7 Å². The van der Waals surface area contributed by atoms with Crippen LogP contribution in [0.1, 0.15) is 30.4 Å². The second-order valence-corrected chi connectivity index (χ2v) is 6.57. The van der Waals surface area contributed by atoms with Gasteiger partial charge in [-0.2, -0.15) is 0 Å². The van der Waals surface area contributed by atoms with E-state index in [4.69, 9.17) is 10.7 Å². The zero-order valence-electron chi connectivity index (χ0n) is 8.73. The third-order valence-electron chi connectivity index (χ3n) is 2.96. The average molecular weight is 259 g/mol. The normalized spacial score (nSPS) is 19.5. The average Bonchev–Trinajstić information content (AvgIpc) is 2.58. The van der Waals surface area contributed by atoms with Crippen LogP contribution in [0.4, 0.5) is 0 Å². The van der Waals surface area contributed by atoms with Crippen molar-refractivity contribution in [1.82, 2.24) is 0 Å². The first-order chi connectivity index (χ1) is 7.39. The highest BCUT2D eigenvalue weighted by Gasteiger charge is 2.27. The number of carbonyl (C=O) groups excluding carboxylic acids is 1. The van der Waals surface area contributed by atoms with Gasteiger partial charge in [-0.1, -0.05) is 6.07 Å². The lowest BCUT2D eigenvalue weighted by molar-refractivity contribution is -0.118. The van der Waals surface area contributed by atoms with Gasteiger partial charge in [0.1, 0.15) is 5.78 Å². The van der Waals surface area contributed by atoms with Gasteiger partial charge in [0.25, 0.3) is 9.05 Å². The maximum atomic E-state index is 11.3. The fourth-order valence-electron chi connectivity index (χ4n) is 2.17. The Balaban J connectivity index is 2.48. The summed E-state index contributed by atoms with van der Waals surface area (Å²) in [4.78, 5) is 11.5. The molecule has 1 aromatic carbocycles. The van der Waals surface area contributed by atoms with Crippen molar-refractivity contribution in [1.29, 1.82) is 0 Å².